The maximum atomic E-state index is 12.4. The third-order valence-electron chi connectivity index (χ3n) is 4.16. The van der Waals surface area contributed by atoms with Gasteiger partial charge in [-0.2, -0.15) is 5.10 Å². The first kappa shape index (κ1) is 18.3. The van der Waals surface area contributed by atoms with Crippen molar-refractivity contribution in [3.8, 4) is 17.2 Å². The van der Waals surface area contributed by atoms with E-state index in [1.165, 1.54) is 7.11 Å². The van der Waals surface area contributed by atoms with E-state index in [0.717, 1.165) is 16.3 Å². The molecular formula is C21H20N2O4. The van der Waals surface area contributed by atoms with Gasteiger partial charge < -0.3 is 14.2 Å². The number of methoxy groups -OCH3 is 3. The summed E-state index contributed by atoms with van der Waals surface area (Å²) in [5.74, 6) is 1.35. The van der Waals surface area contributed by atoms with Gasteiger partial charge in [0.2, 0.25) is 0 Å². The highest BCUT2D eigenvalue weighted by molar-refractivity contribution is 6.03. The Morgan fingerprint density at radius 1 is 0.889 bits per heavy atom. The summed E-state index contributed by atoms with van der Waals surface area (Å²) >= 11 is 0. The second-order valence-corrected chi connectivity index (χ2v) is 5.67. The topological polar surface area (TPSA) is 69.2 Å². The SMILES string of the molecule is COc1ccc(C(=O)N/N=C/c2c(OC)ccc3ccccc23)cc1OC. The molecule has 138 valence electrons. The van der Waals surface area contributed by atoms with E-state index in [-0.39, 0.29) is 5.91 Å². The van der Waals surface area contributed by atoms with Gasteiger partial charge in [-0.3, -0.25) is 4.79 Å². The predicted octanol–water partition coefficient (Wildman–Crippen LogP) is 3.63. The Morgan fingerprint density at radius 2 is 1.59 bits per heavy atom. The zero-order valence-electron chi connectivity index (χ0n) is 15.4. The number of benzene rings is 3. The van der Waals surface area contributed by atoms with E-state index in [4.69, 9.17) is 14.2 Å². The highest BCUT2D eigenvalue weighted by Crippen LogP contribution is 2.28. The minimum Gasteiger partial charge on any atom is -0.496 e. The van der Waals surface area contributed by atoms with Crippen LogP contribution in [0.4, 0.5) is 0 Å². The second-order valence-electron chi connectivity index (χ2n) is 5.67. The number of amides is 1. The van der Waals surface area contributed by atoms with Crippen LogP contribution in [-0.2, 0) is 0 Å². The van der Waals surface area contributed by atoms with Crippen LogP contribution in [0.5, 0.6) is 17.2 Å². The lowest BCUT2D eigenvalue weighted by atomic mass is 10.0. The molecule has 27 heavy (non-hydrogen) atoms. The van der Waals surface area contributed by atoms with Gasteiger partial charge in [-0.25, -0.2) is 5.43 Å². The van der Waals surface area contributed by atoms with Crippen molar-refractivity contribution in [2.75, 3.05) is 21.3 Å². The lowest BCUT2D eigenvalue weighted by Crippen LogP contribution is -2.17. The lowest BCUT2D eigenvalue weighted by molar-refractivity contribution is 0.0954. The molecule has 0 spiro atoms. The van der Waals surface area contributed by atoms with Gasteiger partial charge in [0, 0.05) is 11.1 Å². The number of ether oxygens (including phenoxy) is 3. The summed E-state index contributed by atoms with van der Waals surface area (Å²) in [5.41, 5.74) is 3.74. The number of carbonyl (C=O) groups excluding carboxylic acids is 1. The first-order valence-electron chi connectivity index (χ1n) is 8.29. The summed E-state index contributed by atoms with van der Waals surface area (Å²) in [4.78, 5) is 12.4. The largest absolute Gasteiger partial charge is 0.496 e. The van der Waals surface area contributed by atoms with Crippen molar-refractivity contribution in [2.24, 2.45) is 5.10 Å². The smallest absolute Gasteiger partial charge is 0.271 e. The van der Waals surface area contributed by atoms with Gasteiger partial charge in [-0.1, -0.05) is 30.3 Å². The molecule has 0 unspecified atom stereocenters. The Hall–Kier alpha value is -3.54. The van der Waals surface area contributed by atoms with E-state index < -0.39 is 0 Å². The molecule has 6 heteroatoms. The molecular weight excluding hydrogens is 344 g/mol. The van der Waals surface area contributed by atoms with Gasteiger partial charge in [0.15, 0.2) is 11.5 Å². The summed E-state index contributed by atoms with van der Waals surface area (Å²) in [5, 5.41) is 6.15. The molecule has 3 aromatic rings. The van der Waals surface area contributed by atoms with Crippen LogP contribution in [0.1, 0.15) is 15.9 Å². The van der Waals surface area contributed by atoms with Crippen LogP contribution in [0.25, 0.3) is 10.8 Å². The normalized spacial score (nSPS) is 10.8. The third-order valence-corrected chi connectivity index (χ3v) is 4.16. The van der Waals surface area contributed by atoms with Crippen molar-refractivity contribution in [2.45, 2.75) is 0 Å². The number of rotatable bonds is 6. The molecule has 0 saturated carbocycles. The van der Waals surface area contributed by atoms with Crippen LogP contribution in [0.15, 0.2) is 59.7 Å². The van der Waals surface area contributed by atoms with E-state index in [1.807, 2.05) is 36.4 Å². The first-order chi connectivity index (χ1) is 13.2. The van der Waals surface area contributed by atoms with Gasteiger partial charge >= 0.3 is 0 Å². The lowest BCUT2D eigenvalue weighted by Gasteiger charge is -2.09. The molecule has 0 aliphatic rings. The van der Waals surface area contributed by atoms with Crippen molar-refractivity contribution < 1.29 is 19.0 Å². The standard InChI is InChI=1S/C21H20N2O4/c1-25-18-10-8-14-6-4-5-7-16(14)17(18)13-22-23-21(24)15-9-11-19(26-2)20(12-15)27-3/h4-13H,1-3H3,(H,23,24)/b22-13+. The fraction of sp³-hybridized carbons (Fsp3) is 0.143. The molecule has 0 atom stereocenters. The third kappa shape index (κ3) is 3.84. The number of carbonyl (C=O) groups is 1. The number of hydrogen-bond donors (Lipinski definition) is 1. The molecule has 0 heterocycles. The van der Waals surface area contributed by atoms with E-state index >= 15 is 0 Å². The van der Waals surface area contributed by atoms with E-state index in [9.17, 15) is 4.79 Å². The second kappa shape index (κ2) is 8.23. The average molecular weight is 364 g/mol. The van der Waals surface area contributed by atoms with Crippen LogP contribution in [0, 0.1) is 0 Å². The number of nitrogens with one attached hydrogen (secondary N) is 1. The first-order valence-corrected chi connectivity index (χ1v) is 8.29. The molecule has 3 rings (SSSR count). The number of hydrogen-bond acceptors (Lipinski definition) is 5. The molecule has 0 saturated heterocycles. The van der Waals surface area contributed by atoms with Crippen molar-refractivity contribution >= 4 is 22.9 Å². The zero-order valence-corrected chi connectivity index (χ0v) is 15.4. The van der Waals surface area contributed by atoms with E-state index in [2.05, 4.69) is 10.5 Å². The molecule has 1 amide bonds. The zero-order chi connectivity index (χ0) is 19.2. The van der Waals surface area contributed by atoms with Gasteiger partial charge in [0.1, 0.15) is 5.75 Å². The maximum Gasteiger partial charge on any atom is 0.271 e. The van der Waals surface area contributed by atoms with E-state index in [0.29, 0.717) is 22.8 Å². The number of fused-ring (bicyclic) bond motifs is 1. The van der Waals surface area contributed by atoms with Crippen LogP contribution in [0.3, 0.4) is 0 Å². The van der Waals surface area contributed by atoms with Crippen LogP contribution < -0.4 is 19.6 Å². The highest BCUT2D eigenvalue weighted by atomic mass is 16.5. The molecule has 6 nitrogen and oxygen atoms in total. The van der Waals surface area contributed by atoms with Crippen LogP contribution in [0.2, 0.25) is 0 Å². The Bertz CT molecular complexity index is 999. The number of hydrazone groups is 1. The minimum absolute atomic E-state index is 0.355. The van der Waals surface area contributed by atoms with Crippen LogP contribution >= 0.6 is 0 Å². The molecule has 0 bridgehead atoms. The summed E-state index contributed by atoms with van der Waals surface area (Å²) in [6.07, 6.45) is 1.58. The van der Waals surface area contributed by atoms with Gasteiger partial charge in [0.25, 0.3) is 5.91 Å². The summed E-state index contributed by atoms with van der Waals surface area (Å²) in [7, 11) is 4.66. The van der Waals surface area contributed by atoms with Crippen molar-refractivity contribution in [1.29, 1.82) is 0 Å². The predicted molar refractivity (Wildman–Crippen MR) is 105 cm³/mol. The molecule has 1 N–H and O–H groups in total. The molecule has 0 aromatic heterocycles. The summed E-state index contributed by atoms with van der Waals surface area (Å²) < 4.78 is 15.8. The van der Waals surface area contributed by atoms with Crippen molar-refractivity contribution in [3.63, 3.8) is 0 Å². The summed E-state index contributed by atoms with van der Waals surface area (Å²) in [6.45, 7) is 0. The monoisotopic (exact) mass is 364 g/mol. The molecule has 0 radical (unpaired) electrons. The van der Waals surface area contributed by atoms with Gasteiger partial charge in [0.05, 0.1) is 27.5 Å². The van der Waals surface area contributed by atoms with Gasteiger partial charge in [-0.05, 0) is 35.0 Å². The van der Waals surface area contributed by atoms with Gasteiger partial charge in [-0.15, -0.1) is 0 Å². The Labute approximate surface area is 157 Å². The number of nitrogens with zero attached hydrogens (tertiary/aromatic N) is 1. The molecule has 0 fully saturated rings. The maximum absolute atomic E-state index is 12.4. The van der Waals surface area contributed by atoms with Crippen molar-refractivity contribution in [1.82, 2.24) is 5.43 Å². The van der Waals surface area contributed by atoms with E-state index in [1.54, 1.807) is 38.6 Å². The Morgan fingerprint density at radius 3 is 2.33 bits per heavy atom. The minimum atomic E-state index is -0.355. The quantitative estimate of drug-likeness (QED) is 0.536. The fourth-order valence-corrected chi connectivity index (χ4v) is 2.78. The molecule has 0 aliphatic heterocycles. The summed E-state index contributed by atoms with van der Waals surface area (Å²) in [6, 6.07) is 16.7. The molecule has 0 aliphatic carbocycles. The van der Waals surface area contributed by atoms with Crippen LogP contribution in [-0.4, -0.2) is 33.5 Å². The molecule has 3 aromatic carbocycles. The fourth-order valence-electron chi connectivity index (χ4n) is 2.78. The van der Waals surface area contributed by atoms with Crippen molar-refractivity contribution in [3.05, 3.63) is 65.7 Å². The highest BCUT2D eigenvalue weighted by Gasteiger charge is 2.10. The Kier molecular flexibility index (Phi) is 5.56. The Balaban J connectivity index is 1.84. The average Bonchev–Trinajstić information content (AvgIpc) is 2.73.